The van der Waals surface area contributed by atoms with E-state index in [1.54, 1.807) is 35.1 Å². The number of fused-ring (bicyclic) bond motifs is 1. The van der Waals surface area contributed by atoms with Crippen molar-refractivity contribution in [2.75, 3.05) is 6.61 Å². The van der Waals surface area contributed by atoms with E-state index < -0.39 is 24.2 Å². The number of nitrogens with one attached hydrogen (secondary N) is 1. The van der Waals surface area contributed by atoms with E-state index in [-0.39, 0.29) is 12.5 Å². The summed E-state index contributed by atoms with van der Waals surface area (Å²) in [5.74, 6) is -0.752. The lowest BCUT2D eigenvalue weighted by Gasteiger charge is -2.17. The van der Waals surface area contributed by atoms with Crippen LogP contribution in [0.3, 0.4) is 0 Å². The molecule has 1 fully saturated rings. The zero-order chi connectivity index (χ0) is 15.0. The Labute approximate surface area is 120 Å². The first-order valence-electron chi connectivity index (χ1n) is 6.82. The number of hydrogen-bond donors (Lipinski definition) is 4. The molecule has 2 aromatic rings. The van der Waals surface area contributed by atoms with Gasteiger partial charge in [0, 0.05) is 24.9 Å². The summed E-state index contributed by atoms with van der Waals surface area (Å²) in [5.41, 5.74) is 1.12. The van der Waals surface area contributed by atoms with Gasteiger partial charge in [0.2, 0.25) is 0 Å². The van der Waals surface area contributed by atoms with Gasteiger partial charge in [-0.1, -0.05) is 0 Å². The van der Waals surface area contributed by atoms with Crippen LogP contribution >= 0.6 is 0 Å². The second-order valence-electron chi connectivity index (χ2n) is 5.32. The van der Waals surface area contributed by atoms with Crippen molar-refractivity contribution in [3.05, 3.63) is 36.2 Å². The van der Waals surface area contributed by atoms with Gasteiger partial charge >= 0.3 is 0 Å². The molecule has 0 bridgehead atoms. The maximum absolute atomic E-state index is 12.3. The van der Waals surface area contributed by atoms with E-state index in [0.717, 1.165) is 0 Å². The highest BCUT2D eigenvalue weighted by atomic mass is 16.3. The number of hydrogen-bond acceptors (Lipinski definition) is 5. The number of aromatic nitrogens is 2. The molecule has 112 valence electrons. The minimum absolute atomic E-state index is 0.219. The number of aliphatic hydroxyl groups is 3. The highest BCUT2D eigenvalue weighted by molar-refractivity contribution is 6.01. The van der Waals surface area contributed by atoms with Gasteiger partial charge in [-0.15, -0.1) is 0 Å². The lowest BCUT2D eigenvalue weighted by molar-refractivity contribution is 0.000143. The minimum atomic E-state index is -1.07. The molecule has 0 spiro atoms. The van der Waals surface area contributed by atoms with Crippen LogP contribution in [0.15, 0.2) is 30.6 Å². The standard InChI is InChI=1S/C14H17N3O4/c18-7-8-6-10(13(20)12(8)19)16-14(21)9-3-5-17-11(9)2-1-4-15-17/h1-5,8,10,12-13,18-20H,6-7H2,(H,16,21)/t8-,10-,12-,13+/m0/s1. The van der Waals surface area contributed by atoms with Crippen molar-refractivity contribution < 1.29 is 20.1 Å². The third-order valence-corrected chi connectivity index (χ3v) is 4.03. The maximum Gasteiger partial charge on any atom is 0.253 e. The van der Waals surface area contributed by atoms with Crippen LogP contribution in [0.25, 0.3) is 5.52 Å². The number of carbonyl (C=O) groups excluding carboxylic acids is 1. The topological polar surface area (TPSA) is 107 Å². The summed E-state index contributed by atoms with van der Waals surface area (Å²) in [6, 6.07) is 4.59. The minimum Gasteiger partial charge on any atom is -0.396 e. The number of nitrogens with zero attached hydrogens (tertiary/aromatic N) is 2. The van der Waals surface area contributed by atoms with E-state index in [4.69, 9.17) is 5.11 Å². The Morgan fingerprint density at radius 1 is 1.38 bits per heavy atom. The van der Waals surface area contributed by atoms with Crippen LogP contribution in [0.2, 0.25) is 0 Å². The van der Waals surface area contributed by atoms with Gasteiger partial charge in [0.05, 0.1) is 23.2 Å². The van der Waals surface area contributed by atoms with Crippen LogP contribution in [-0.2, 0) is 0 Å². The number of carbonyl (C=O) groups is 1. The molecule has 2 heterocycles. The number of rotatable bonds is 3. The molecule has 0 radical (unpaired) electrons. The first-order valence-corrected chi connectivity index (χ1v) is 6.82. The molecular formula is C14H17N3O4. The Kier molecular flexibility index (Phi) is 3.62. The number of amides is 1. The van der Waals surface area contributed by atoms with Crippen molar-refractivity contribution in [1.29, 1.82) is 0 Å². The highest BCUT2D eigenvalue weighted by Gasteiger charge is 2.41. The van der Waals surface area contributed by atoms with Gasteiger partial charge in [0.1, 0.15) is 6.10 Å². The van der Waals surface area contributed by atoms with Gasteiger partial charge in [-0.25, -0.2) is 4.52 Å². The van der Waals surface area contributed by atoms with E-state index in [2.05, 4.69) is 10.4 Å². The van der Waals surface area contributed by atoms with Gasteiger partial charge in [-0.05, 0) is 24.6 Å². The normalized spacial score (nSPS) is 28.9. The summed E-state index contributed by atoms with van der Waals surface area (Å²) in [4.78, 5) is 12.3. The van der Waals surface area contributed by atoms with E-state index in [1.807, 2.05) is 0 Å². The van der Waals surface area contributed by atoms with Crippen LogP contribution in [-0.4, -0.2) is 55.7 Å². The highest BCUT2D eigenvalue weighted by Crippen LogP contribution is 2.26. The zero-order valence-corrected chi connectivity index (χ0v) is 11.3. The number of aliphatic hydroxyl groups excluding tert-OH is 3. The lowest BCUT2D eigenvalue weighted by Crippen LogP contribution is -2.43. The lowest BCUT2D eigenvalue weighted by atomic mass is 10.1. The van der Waals surface area contributed by atoms with Crippen molar-refractivity contribution in [2.24, 2.45) is 5.92 Å². The second-order valence-corrected chi connectivity index (χ2v) is 5.32. The molecule has 0 aliphatic heterocycles. The fourth-order valence-electron chi connectivity index (χ4n) is 2.83. The van der Waals surface area contributed by atoms with Crippen LogP contribution in [0.4, 0.5) is 0 Å². The smallest absolute Gasteiger partial charge is 0.253 e. The molecule has 3 rings (SSSR count). The van der Waals surface area contributed by atoms with Gasteiger partial charge in [-0.3, -0.25) is 4.79 Å². The molecule has 1 aliphatic carbocycles. The van der Waals surface area contributed by atoms with Crippen LogP contribution in [0, 0.1) is 5.92 Å². The molecule has 0 aromatic carbocycles. The summed E-state index contributed by atoms with van der Waals surface area (Å²) >= 11 is 0. The monoisotopic (exact) mass is 291 g/mol. The fourth-order valence-corrected chi connectivity index (χ4v) is 2.83. The molecule has 1 aliphatic rings. The first kappa shape index (κ1) is 14.0. The first-order chi connectivity index (χ1) is 10.1. The van der Waals surface area contributed by atoms with Gasteiger partial charge < -0.3 is 20.6 Å². The van der Waals surface area contributed by atoms with Crippen molar-refractivity contribution in [3.63, 3.8) is 0 Å². The van der Waals surface area contributed by atoms with Crippen molar-refractivity contribution in [1.82, 2.24) is 14.9 Å². The Balaban J connectivity index is 1.78. The van der Waals surface area contributed by atoms with E-state index in [0.29, 0.717) is 17.5 Å². The largest absolute Gasteiger partial charge is 0.396 e. The molecule has 4 N–H and O–H groups in total. The predicted octanol–water partition coefficient (Wildman–Crippen LogP) is -0.833. The Hall–Kier alpha value is -1.96. The third kappa shape index (κ3) is 2.39. The van der Waals surface area contributed by atoms with Crippen LogP contribution in [0.1, 0.15) is 16.8 Å². The van der Waals surface area contributed by atoms with E-state index >= 15 is 0 Å². The molecule has 1 amide bonds. The van der Waals surface area contributed by atoms with Crippen molar-refractivity contribution in [3.8, 4) is 0 Å². The summed E-state index contributed by atoms with van der Waals surface area (Å²) in [6.07, 6.45) is 1.55. The summed E-state index contributed by atoms with van der Waals surface area (Å²) in [7, 11) is 0. The van der Waals surface area contributed by atoms with Crippen molar-refractivity contribution >= 4 is 11.4 Å². The quantitative estimate of drug-likeness (QED) is 0.590. The van der Waals surface area contributed by atoms with Gasteiger partial charge in [0.15, 0.2) is 0 Å². The molecule has 0 unspecified atom stereocenters. The summed E-state index contributed by atoms with van der Waals surface area (Å²) in [5, 5.41) is 35.6. The Morgan fingerprint density at radius 2 is 2.19 bits per heavy atom. The van der Waals surface area contributed by atoms with Crippen LogP contribution in [0.5, 0.6) is 0 Å². The second kappa shape index (κ2) is 5.44. The summed E-state index contributed by atoms with van der Waals surface area (Å²) < 4.78 is 1.59. The van der Waals surface area contributed by atoms with E-state index in [9.17, 15) is 15.0 Å². The Morgan fingerprint density at radius 3 is 2.90 bits per heavy atom. The summed E-state index contributed by atoms with van der Waals surface area (Å²) in [6.45, 7) is -0.219. The SMILES string of the molecule is O=C(N[C@H]1C[C@@H](CO)[C@H](O)[C@@H]1O)c1ccn2ncccc12. The van der Waals surface area contributed by atoms with E-state index in [1.165, 1.54) is 0 Å². The van der Waals surface area contributed by atoms with Crippen LogP contribution < -0.4 is 5.32 Å². The molecule has 21 heavy (non-hydrogen) atoms. The molecular weight excluding hydrogens is 274 g/mol. The van der Waals surface area contributed by atoms with Crippen molar-refractivity contribution in [2.45, 2.75) is 24.7 Å². The predicted molar refractivity (Wildman–Crippen MR) is 73.7 cm³/mol. The molecule has 2 aromatic heterocycles. The third-order valence-electron chi connectivity index (χ3n) is 4.03. The average molecular weight is 291 g/mol. The fraction of sp³-hybridized carbons (Fsp3) is 0.429. The molecule has 7 nitrogen and oxygen atoms in total. The van der Waals surface area contributed by atoms with Gasteiger partial charge in [-0.2, -0.15) is 5.10 Å². The molecule has 0 saturated heterocycles. The molecule has 4 atom stereocenters. The Bertz CT molecular complexity index is 656. The maximum atomic E-state index is 12.3. The molecule has 1 saturated carbocycles. The average Bonchev–Trinajstić information content (AvgIpc) is 3.03. The zero-order valence-electron chi connectivity index (χ0n) is 11.3. The van der Waals surface area contributed by atoms with Gasteiger partial charge in [0.25, 0.3) is 5.91 Å². The molecule has 7 heteroatoms.